The summed E-state index contributed by atoms with van der Waals surface area (Å²) in [6, 6.07) is 11.5. The number of nitrogens with zero attached hydrogens (tertiary/aromatic N) is 1. The van der Waals surface area contributed by atoms with Crippen molar-refractivity contribution in [2.45, 2.75) is 46.1 Å². The molecular weight excluding hydrogens is 410 g/mol. The lowest BCUT2D eigenvalue weighted by Crippen LogP contribution is -2.32. The molecule has 1 heterocycles. The van der Waals surface area contributed by atoms with Gasteiger partial charge in [-0.2, -0.15) is 0 Å². The summed E-state index contributed by atoms with van der Waals surface area (Å²) >= 11 is 0. The first-order valence-electron chi connectivity index (χ1n) is 10.9. The molecule has 0 saturated heterocycles. The van der Waals surface area contributed by atoms with Crippen molar-refractivity contribution in [3.63, 3.8) is 0 Å². The van der Waals surface area contributed by atoms with Crippen molar-refractivity contribution in [3.05, 3.63) is 53.9 Å². The molecule has 3 atom stereocenters. The number of aromatic hydroxyl groups is 1. The molecule has 1 N–H and O–H groups in total. The fourth-order valence-electron chi connectivity index (χ4n) is 3.32. The number of ketones is 1. The number of benzene rings is 1. The molecule has 7 nitrogen and oxygen atoms in total. The monoisotopic (exact) mass is 443 g/mol. The van der Waals surface area contributed by atoms with Gasteiger partial charge < -0.3 is 19.3 Å². The van der Waals surface area contributed by atoms with Crippen LogP contribution in [0.1, 0.15) is 49.7 Å². The molecule has 2 aromatic rings. The number of rotatable bonds is 13. The molecule has 7 heteroatoms. The maximum absolute atomic E-state index is 12.7. The Hall–Kier alpha value is -2.93. The first-order chi connectivity index (χ1) is 15.4. The fourth-order valence-corrected chi connectivity index (χ4v) is 3.32. The zero-order chi connectivity index (χ0) is 23.5. The Balaban J connectivity index is 2.00. The van der Waals surface area contributed by atoms with Crippen molar-refractivity contribution in [2.24, 2.45) is 11.8 Å². The van der Waals surface area contributed by atoms with E-state index in [9.17, 15) is 14.7 Å². The molecule has 0 bridgehead atoms. The summed E-state index contributed by atoms with van der Waals surface area (Å²) in [6.07, 6.45) is 2.49. The minimum atomic E-state index is -0.689. The highest BCUT2D eigenvalue weighted by atomic mass is 16.5. The molecule has 0 saturated carbocycles. The standard InChI is InChI=1S/C25H33NO6/c1-5-13-31-16-20(15-19-9-7-6-8-10-19)18(3)32-25(29)17(2)14-21(27)23-24(28)22(30-4)11-12-26-23/h6-12,17-18,20,28H,5,13-16H2,1-4H3/t17-,18-,20+/m0/s1. The van der Waals surface area contributed by atoms with E-state index in [1.54, 1.807) is 6.92 Å². The molecule has 174 valence electrons. The molecular formula is C25H33NO6. The van der Waals surface area contributed by atoms with Gasteiger partial charge >= 0.3 is 5.97 Å². The number of esters is 1. The molecule has 0 aliphatic rings. The number of carbonyl (C=O) groups is 2. The van der Waals surface area contributed by atoms with Gasteiger partial charge in [0, 0.05) is 31.2 Å². The molecule has 1 aromatic carbocycles. The van der Waals surface area contributed by atoms with Gasteiger partial charge in [-0.15, -0.1) is 0 Å². The lowest BCUT2D eigenvalue weighted by atomic mass is 9.95. The second-order valence-corrected chi connectivity index (χ2v) is 7.91. The quantitative estimate of drug-likeness (QED) is 0.281. The van der Waals surface area contributed by atoms with E-state index in [-0.39, 0.29) is 35.6 Å². The number of hydrogen-bond acceptors (Lipinski definition) is 7. The number of ether oxygens (including phenoxy) is 3. The van der Waals surface area contributed by atoms with Crippen LogP contribution >= 0.6 is 0 Å². The van der Waals surface area contributed by atoms with E-state index in [0.29, 0.717) is 19.6 Å². The average molecular weight is 444 g/mol. The first kappa shape index (κ1) is 25.3. The van der Waals surface area contributed by atoms with Crippen molar-refractivity contribution in [3.8, 4) is 11.5 Å². The van der Waals surface area contributed by atoms with Crippen LogP contribution in [0.2, 0.25) is 0 Å². The minimum absolute atomic E-state index is 0.0140. The maximum atomic E-state index is 12.7. The molecule has 0 fully saturated rings. The summed E-state index contributed by atoms with van der Waals surface area (Å²) in [6.45, 7) is 6.65. The highest BCUT2D eigenvalue weighted by Gasteiger charge is 2.27. The predicted octanol–water partition coefficient (Wildman–Crippen LogP) is 4.22. The Morgan fingerprint density at radius 2 is 1.84 bits per heavy atom. The summed E-state index contributed by atoms with van der Waals surface area (Å²) in [5.74, 6) is -1.80. The normalized spacial score (nSPS) is 13.8. The number of methoxy groups -OCH3 is 1. The average Bonchev–Trinajstić information content (AvgIpc) is 2.79. The number of hydrogen-bond donors (Lipinski definition) is 1. The fraction of sp³-hybridized carbons (Fsp3) is 0.480. The third-order valence-corrected chi connectivity index (χ3v) is 5.25. The van der Waals surface area contributed by atoms with E-state index in [1.165, 1.54) is 19.4 Å². The van der Waals surface area contributed by atoms with Crippen LogP contribution in [0.3, 0.4) is 0 Å². The van der Waals surface area contributed by atoms with Gasteiger partial charge in [0.25, 0.3) is 0 Å². The summed E-state index contributed by atoms with van der Waals surface area (Å²) in [7, 11) is 1.39. The van der Waals surface area contributed by atoms with Crippen LogP contribution in [-0.4, -0.2) is 48.3 Å². The largest absolute Gasteiger partial charge is 0.503 e. The van der Waals surface area contributed by atoms with Crippen LogP contribution in [0.15, 0.2) is 42.6 Å². The van der Waals surface area contributed by atoms with E-state index < -0.39 is 17.7 Å². The number of carbonyl (C=O) groups excluding carboxylic acids is 2. The zero-order valence-corrected chi connectivity index (χ0v) is 19.2. The number of Topliss-reactive ketones (excluding diaryl/α,β-unsaturated/α-hetero) is 1. The van der Waals surface area contributed by atoms with E-state index in [1.807, 2.05) is 44.2 Å². The second kappa shape index (κ2) is 12.8. The van der Waals surface area contributed by atoms with Crippen molar-refractivity contribution in [1.82, 2.24) is 4.98 Å². The van der Waals surface area contributed by atoms with E-state index in [2.05, 4.69) is 4.98 Å². The Morgan fingerprint density at radius 1 is 1.12 bits per heavy atom. The van der Waals surface area contributed by atoms with Crippen molar-refractivity contribution in [1.29, 1.82) is 0 Å². The molecule has 0 aliphatic carbocycles. The van der Waals surface area contributed by atoms with Crippen LogP contribution in [-0.2, 0) is 20.7 Å². The molecule has 0 spiro atoms. The molecule has 0 amide bonds. The van der Waals surface area contributed by atoms with Gasteiger partial charge in [-0.25, -0.2) is 4.98 Å². The van der Waals surface area contributed by atoms with Crippen LogP contribution in [0.4, 0.5) is 0 Å². The number of aromatic nitrogens is 1. The van der Waals surface area contributed by atoms with Gasteiger partial charge in [0.2, 0.25) is 0 Å². The summed E-state index contributed by atoms with van der Waals surface area (Å²) in [4.78, 5) is 29.2. The molecule has 0 unspecified atom stereocenters. The SMILES string of the molecule is CCCOC[C@@H](Cc1ccccc1)[C@H](C)OC(=O)[C@@H](C)CC(=O)c1nccc(OC)c1O. The Bertz CT molecular complexity index is 870. The van der Waals surface area contributed by atoms with Gasteiger partial charge in [0.1, 0.15) is 6.10 Å². The Kier molecular flexibility index (Phi) is 10.1. The van der Waals surface area contributed by atoms with Crippen LogP contribution in [0, 0.1) is 11.8 Å². The predicted molar refractivity (Wildman–Crippen MR) is 121 cm³/mol. The van der Waals surface area contributed by atoms with Crippen molar-refractivity contribution >= 4 is 11.8 Å². The Morgan fingerprint density at radius 3 is 2.50 bits per heavy atom. The van der Waals surface area contributed by atoms with Crippen molar-refractivity contribution in [2.75, 3.05) is 20.3 Å². The lowest BCUT2D eigenvalue weighted by molar-refractivity contribution is -0.156. The Labute approximate surface area is 189 Å². The molecule has 2 rings (SSSR count). The molecule has 0 radical (unpaired) electrons. The van der Waals surface area contributed by atoms with Gasteiger partial charge in [-0.3, -0.25) is 9.59 Å². The van der Waals surface area contributed by atoms with E-state index in [4.69, 9.17) is 14.2 Å². The molecule has 0 aliphatic heterocycles. The molecule has 32 heavy (non-hydrogen) atoms. The van der Waals surface area contributed by atoms with Crippen LogP contribution in [0.25, 0.3) is 0 Å². The van der Waals surface area contributed by atoms with E-state index in [0.717, 1.165) is 12.0 Å². The number of pyridine rings is 1. The third kappa shape index (κ3) is 7.34. The summed E-state index contributed by atoms with van der Waals surface area (Å²) in [5.41, 5.74) is 1.02. The van der Waals surface area contributed by atoms with Crippen molar-refractivity contribution < 1.29 is 28.9 Å². The van der Waals surface area contributed by atoms with Crippen LogP contribution < -0.4 is 4.74 Å². The second-order valence-electron chi connectivity index (χ2n) is 7.91. The summed E-state index contributed by atoms with van der Waals surface area (Å²) < 4.78 is 16.5. The van der Waals surface area contributed by atoms with Gasteiger partial charge in [0.15, 0.2) is 23.0 Å². The van der Waals surface area contributed by atoms with Gasteiger partial charge in [-0.05, 0) is 25.3 Å². The first-order valence-corrected chi connectivity index (χ1v) is 10.9. The topological polar surface area (TPSA) is 95.0 Å². The molecule has 1 aromatic heterocycles. The minimum Gasteiger partial charge on any atom is -0.503 e. The highest BCUT2D eigenvalue weighted by molar-refractivity contribution is 5.99. The summed E-state index contributed by atoms with van der Waals surface area (Å²) in [5, 5.41) is 10.1. The lowest BCUT2D eigenvalue weighted by Gasteiger charge is -2.25. The maximum Gasteiger partial charge on any atom is 0.309 e. The van der Waals surface area contributed by atoms with Gasteiger partial charge in [0.05, 0.1) is 19.6 Å². The smallest absolute Gasteiger partial charge is 0.309 e. The highest BCUT2D eigenvalue weighted by Crippen LogP contribution is 2.29. The van der Waals surface area contributed by atoms with Gasteiger partial charge in [-0.1, -0.05) is 44.2 Å². The van der Waals surface area contributed by atoms with Crippen LogP contribution in [0.5, 0.6) is 11.5 Å². The van der Waals surface area contributed by atoms with E-state index >= 15 is 0 Å². The zero-order valence-electron chi connectivity index (χ0n) is 19.2. The third-order valence-electron chi connectivity index (χ3n) is 5.25.